The highest BCUT2D eigenvalue weighted by Crippen LogP contribution is 2.17. The molecule has 2 aromatic rings. The zero-order chi connectivity index (χ0) is 19.4. The van der Waals surface area contributed by atoms with Crippen molar-refractivity contribution in [3.8, 4) is 0 Å². The maximum Gasteiger partial charge on any atom is 0.276 e. The number of hydrogen-bond donors (Lipinski definition) is 0. The van der Waals surface area contributed by atoms with Crippen LogP contribution in [0, 0.1) is 5.82 Å². The van der Waals surface area contributed by atoms with E-state index < -0.39 is 15.8 Å². The lowest BCUT2D eigenvalue weighted by atomic mass is 10.1. The van der Waals surface area contributed by atoms with Gasteiger partial charge in [0.1, 0.15) is 10.7 Å². The fraction of sp³-hybridized carbons (Fsp3) is 0.471. The third kappa shape index (κ3) is 4.33. The van der Waals surface area contributed by atoms with Gasteiger partial charge in [0.05, 0.1) is 12.7 Å². The molecule has 0 atom stereocenters. The second-order valence-electron chi connectivity index (χ2n) is 6.48. The number of carbonyl (C=O) groups excluding carboxylic acids is 1. The van der Waals surface area contributed by atoms with E-state index in [0.29, 0.717) is 0 Å². The van der Waals surface area contributed by atoms with Crippen molar-refractivity contribution in [1.82, 2.24) is 24.2 Å². The Morgan fingerprint density at radius 3 is 2.63 bits per heavy atom. The summed E-state index contributed by atoms with van der Waals surface area (Å²) in [7, 11) is -2.57. The Balaban J connectivity index is 1.62. The van der Waals surface area contributed by atoms with E-state index in [-0.39, 0.29) is 29.6 Å². The molecule has 27 heavy (non-hydrogen) atoms. The van der Waals surface area contributed by atoms with E-state index in [2.05, 4.69) is 10.3 Å². The summed E-state index contributed by atoms with van der Waals surface area (Å²) in [6.45, 7) is 1.70. The van der Waals surface area contributed by atoms with Crippen LogP contribution < -0.4 is 0 Å². The zero-order valence-corrected chi connectivity index (χ0v) is 15.9. The molecule has 0 unspecified atom stereocenters. The van der Waals surface area contributed by atoms with Crippen LogP contribution >= 0.6 is 0 Å². The molecule has 0 radical (unpaired) electrons. The third-order valence-electron chi connectivity index (χ3n) is 4.57. The van der Waals surface area contributed by atoms with Crippen LogP contribution in [0.15, 0.2) is 35.4 Å². The number of aromatic nitrogens is 3. The topological polar surface area (TPSA) is 88.4 Å². The van der Waals surface area contributed by atoms with Crippen LogP contribution in [0.5, 0.6) is 0 Å². The molecule has 1 aliphatic rings. The fourth-order valence-electron chi connectivity index (χ4n) is 2.95. The average molecular weight is 395 g/mol. The van der Waals surface area contributed by atoms with Crippen LogP contribution in [0.2, 0.25) is 0 Å². The maximum absolute atomic E-state index is 13.8. The van der Waals surface area contributed by atoms with Crippen molar-refractivity contribution in [2.45, 2.75) is 30.7 Å². The Hall–Kier alpha value is -2.33. The number of benzene rings is 1. The summed E-state index contributed by atoms with van der Waals surface area (Å²) in [5, 5.41) is 7.80. The van der Waals surface area contributed by atoms with Gasteiger partial charge in [-0.3, -0.25) is 9.48 Å². The average Bonchev–Trinajstić information content (AvgIpc) is 3.15. The molecule has 0 aliphatic carbocycles. The van der Waals surface area contributed by atoms with Crippen LogP contribution in [0.1, 0.15) is 29.8 Å². The van der Waals surface area contributed by atoms with Crippen molar-refractivity contribution in [3.05, 3.63) is 42.0 Å². The Kier molecular flexibility index (Phi) is 5.85. The van der Waals surface area contributed by atoms with Crippen molar-refractivity contribution < 1.29 is 17.6 Å². The van der Waals surface area contributed by atoms with Gasteiger partial charge in [-0.05, 0) is 31.4 Å². The number of amides is 1. The second-order valence-corrected chi connectivity index (χ2v) is 8.49. The lowest BCUT2D eigenvalue weighted by Gasteiger charge is -2.25. The minimum absolute atomic E-state index is 0.0668. The monoisotopic (exact) mass is 395 g/mol. The van der Waals surface area contributed by atoms with E-state index in [0.717, 1.165) is 42.7 Å². The van der Waals surface area contributed by atoms with Gasteiger partial charge < -0.3 is 4.90 Å². The molecule has 1 aromatic heterocycles. The molecule has 0 spiro atoms. The highest BCUT2D eigenvalue weighted by atomic mass is 32.2. The van der Waals surface area contributed by atoms with Gasteiger partial charge in [0.15, 0.2) is 5.69 Å². The Labute approximate surface area is 157 Å². The van der Waals surface area contributed by atoms with Crippen LogP contribution in [0.25, 0.3) is 0 Å². The summed E-state index contributed by atoms with van der Waals surface area (Å²) in [6, 6.07) is 5.24. The molecule has 2 heterocycles. The number of likely N-dealkylation sites (N-methyl/N-ethyl adjacent to an activating group) is 1. The molecule has 10 heteroatoms. The lowest BCUT2D eigenvalue weighted by molar-refractivity contribution is 0.0718. The summed E-state index contributed by atoms with van der Waals surface area (Å²) in [4.78, 5) is 13.8. The molecule has 1 amide bonds. The van der Waals surface area contributed by atoms with E-state index in [1.807, 2.05) is 0 Å². The predicted molar refractivity (Wildman–Crippen MR) is 96.0 cm³/mol. The summed E-state index contributed by atoms with van der Waals surface area (Å²) < 4.78 is 41.2. The molecule has 0 bridgehead atoms. The first kappa shape index (κ1) is 19.4. The summed E-state index contributed by atoms with van der Waals surface area (Å²) in [5.41, 5.74) is 0.247. The minimum Gasteiger partial charge on any atom is -0.337 e. The molecule has 0 saturated carbocycles. The second kappa shape index (κ2) is 8.13. The first-order valence-electron chi connectivity index (χ1n) is 8.80. The van der Waals surface area contributed by atoms with E-state index >= 15 is 0 Å². The van der Waals surface area contributed by atoms with Gasteiger partial charge in [0, 0.05) is 26.7 Å². The van der Waals surface area contributed by atoms with Gasteiger partial charge in [-0.2, -0.15) is 4.31 Å². The number of rotatable bonds is 6. The van der Waals surface area contributed by atoms with E-state index in [4.69, 9.17) is 0 Å². The van der Waals surface area contributed by atoms with Gasteiger partial charge in [-0.15, -0.1) is 5.10 Å². The largest absolute Gasteiger partial charge is 0.337 e. The molecule has 8 nitrogen and oxygen atoms in total. The highest BCUT2D eigenvalue weighted by molar-refractivity contribution is 7.89. The van der Waals surface area contributed by atoms with E-state index in [9.17, 15) is 17.6 Å². The summed E-state index contributed by atoms with van der Waals surface area (Å²) in [6.07, 6.45) is 4.61. The fourth-order valence-corrected chi connectivity index (χ4v) is 4.17. The molecule has 1 fully saturated rings. The predicted octanol–water partition coefficient (Wildman–Crippen LogP) is 1.36. The van der Waals surface area contributed by atoms with Gasteiger partial charge >= 0.3 is 0 Å². The first-order valence-corrected chi connectivity index (χ1v) is 10.2. The van der Waals surface area contributed by atoms with Crippen LogP contribution in [-0.2, 0) is 16.6 Å². The lowest BCUT2D eigenvalue weighted by Crippen LogP contribution is -2.35. The summed E-state index contributed by atoms with van der Waals surface area (Å²) >= 11 is 0. The number of halogens is 1. The van der Waals surface area contributed by atoms with Crippen LogP contribution in [0.4, 0.5) is 4.39 Å². The molecule has 1 aromatic carbocycles. The van der Waals surface area contributed by atoms with Gasteiger partial charge in [-0.25, -0.2) is 12.8 Å². The smallest absolute Gasteiger partial charge is 0.276 e. The Morgan fingerprint density at radius 2 is 1.93 bits per heavy atom. The molecular formula is C17H22FN5O3S. The van der Waals surface area contributed by atoms with Crippen molar-refractivity contribution in [2.24, 2.45) is 0 Å². The van der Waals surface area contributed by atoms with Crippen molar-refractivity contribution in [1.29, 1.82) is 0 Å². The van der Waals surface area contributed by atoms with Crippen molar-refractivity contribution in [2.75, 3.05) is 26.7 Å². The van der Waals surface area contributed by atoms with Gasteiger partial charge in [0.2, 0.25) is 10.0 Å². The number of carbonyl (C=O) groups is 1. The number of piperidine rings is 1. The third-order valence-corrected chi connectivity index (χ3v) is 6.46. The SMILES string of the molecule is CN(CCn1cc(C(=O)N2CCCCC2)nn1)S(=O)(=O)c1ccccc1F. The molecule has 146 valence electrons. The van der Waals surface area contributed by atoms with Gasteiger partial charge in [0.25, 0.3) is 5.91 Å². The van der Waals surface area contributed by atoms with Crippen LogP contribution in [0.3, 0.4) is 0 Å². The van der Waals surface area contributed by atoms with Crippen molar-refractivity contribution >= 4 is 15.9 Å². The number of nitrogens with zero attached hydrogens (tertiary/aromatic N) is 5. The first-order chi connectivity index (χ1) is 12.9. The quantitative estimate of drug-likeness (QED) is 0.737. The molecule has 3 rings (SSSR count). The number of likely N-dealkylation sites (tertiary alicyclic amines) is 1. The Morgan fingerprint density at radius 1 is 1.22 bits per heavy atom. The normalized spacial score (nSPS) is 15.3. The highest BCUT2D eigenvalue weighted by Gasteiger charge is 2.24. The minimum atomic E-state index is -3.94. The van der Waals surface area contributed by atoms with Crippen LogP contribution in [-0.4, -0.2) is 65.2 Å². The zero-order valence-electron chi connectivity index (χ0n) is 15.1. The van der Waals surface area contributed by atoms with E-state index in [1.54, 1.807) is 4.90 Å². The maximum atomic E-state index is 13.8. The molecule has 1 aliphatic heterocycles. The molecule has 0 N–H and O–H groups in total. The van der Waals surface area contributed by atoms with E-state index in [1.165, 1.54) is 36.1 Å². The number of sulfonamides is 1. The number of hydrogen-bond acceptors (Lipinski definition) is 5. The van der Waals surface area contributed by atoms with Gasteiger partial charge in [-0.1, -0.05) is 17.3 Å². The van der Waals surface area contributed by atoms with Crippen molar-refractivity contribution in [3.63, 3.8) is 0 Å². The summed E-state index contributed by atoms with van der Waals surface area (Å²) in [5.74, 6) is -0.951. The molecular weight excluding hydrogens is 373 g/mol. The molecule has 1 saturated heterocycles. The Bertz CT molecular complexity index is 909. The standard InChI is InChI=1S/C17H22FN5O3S/c1-21(27(25,26)16-8-4-3-7-14(16)18)11-12-23-13-15(19-20-23)17(24)22-9-5-2-6-10-22/h3-4,7-8,13H,2,5-6,9-12H2,1H3.